The van der Waals surface area contributed by atoms with Gasteiger partial charge in [0.2, 0.25) is 0 Å². The zero-order chi connectivity index (χ0) is 23.7. The normalized spacial score (nSPS) is 13.4. The number of hydrogen-bond acceptors (Lipinski definition) is 6. The SMILES string of the molecule is Cc1cc(N/C=C2\C(=O)Nc3ccc(C(=O)c4cccc(NC(=O)c5cccs5)c4)cc32)[nH]n1. The van der Waals surface area contributed by atoms with Gasteiger partial charge in [0, 0.05) is 40.3 Å². The highest BCUT2D eigenvalue weighted by molar-refractivity contribution is 7.12. The summed E-state index contributed by atoms with van der Waals surface area (Å²) in [6.45, 7) is 1.85. The molecule has 4 N–H and O–H groups in total. The van der Waals surface area contributed by atoms with Gasteiger partial charge in [0.1, 0.15) is 5.82 Å². The minimum atomic E-state index is -0.262. The summed E-state index contributed by atoms with van der Waals surface area (Å²) in [6, 6.07) is 17.2. The summed E-state index contributed by atoms with van der Waals surface area (Å²) in [4.78, 5) is 38.6. The first kappa shape index (κ1) is 21.4. The largest absolute Gasteiger partial charge is 0.346 e. The first-order chi connectivity index (χ1) is 16.5. The average molecular weight is 470 g/mol. The number of aromatic amines is 1. The maximum Gasteiger partial charge on any atom is 0.265 e. The van der Waals surface area contributed by atoms with E-state index in [4.69, 9.17) is 0 Å². The average Bonchev–Trinajstić information content (AvgIpc) is 3.57. The van der Waals surface area contributed by atoms with E-state index in [1.807, 2.05) is 18.4 Å². The molecule has 2 aromatic carbocycles. The molecule has 0 bridgehead atoms. The zero-order valence-electron chi connectivity index (χ0n) is 18.0. The molecule has 3 heterocycles. The number of fused-ring (bicyclic) bond motifs is 1. The molecule has 1 aliphatic rings. The lowest BCUT2D eigenvalue weighted by molar-refractivity contribution is -0.110. The summed E-state index contributed by atoms with van der Waals surface area (Å²) in [5.41, 5.74) is 3.88. The van der Waals surface area contributed by atoms with Gasteiger partial charge in [-0.05, 0) is 48.7 Å². The Morgan fingerprint density at radius 2 is 1.88 bits per heavy atom. The van der Waals surface area contributed by atoms with Crippen LogP contribution in [-0.2, 0) is 4.79 Å². The van der Waals surface area contributed by atoms with Crippen LogP contribution in [0.5, 0.6) is 0 Å². The third kappa shape index (κ3) is 4.24. The number of H-pyrrole nitrogens is 1. The molecule has 0 saturated heterocycles. The first-order valence-electron chi connectivity index (χ1n) is 10.4. The fourth-order valence-corrected chi connectivity index (χ4v) is 4.24. The molecule has 34 heavy (non-hydrogen) atoms. The number of hydrogen-bond donors (Lipinski definition) is 4. The highest BCUT2D eigenvalue weighted by Gasteiger charge is 2.25. The van der Waals surface area contributed by atoms with Crippen molar-refractivity contribution >= 4 is 51.7 Å². The van der Waals surface area contributed by atoms with Crippen LogP contribution in [0.25, 0.3) is 5.57 Å². The summed E-state index contributed by atoms with van der Waals surface area (Å²) in [6.07, 6.45) is 1.59. The van der Waals surface area contributed by atoms with Gasteiger partial charge in [0.05, 0.1) is 16.1 Å². The number of nitrogens with zero attached hydrogens (tertiary/aromatic N) is 1. The molecular weight excluding hydrogens is 450 g/mol. The molecular formula is C25H19N5O3S. The Balaban J connectivity index is 1.39. The summed E-state index contributed by atoms with van der Waals surface area (Å²) in [5.74, 6) is -0.0520. The third-order valence-electron chi connectivity index (χ3n) is 5.27. The molecule has 2 amide bonds. The molecule has 0 atom stereocenters. The number of rotatable bonds is 6. The second-order valence-electron chi connectivity index (χ2n) is 7.68. The molecule has 0 aliphatic carbocycles. The van der Waals surface area contributed by atoms with Crippen molar-refractivity contribution in [2.75, 3.05) is 16.0 Å². The Hall–Kier alpha value is -4.50. The van der Waals surface area contributed by atoms with E-state index >= 15 is 0 Å². The van der Waals surface area contributed by atoms with Crippen LogP contribution in [0.15, 0.2) is 72.2 Å². The topological polar surface area (TPSA) is 116 Å². The Labute approximate surface area is 198 Å². The van der Waals surface area contributed by atoms with Crippen LogP contribution in [0.3, 0.4) is 0 Å². The summed E-state index contributed by atoms with van der Waals surface area (Å²) in [7, 11) is 0. The first-order valence-corrected chi connectivity index (χ1v) is 11.3. The molecule has 1 aliphatic heterocycles. The summed E-state index contributed by atoms with van der Waals surface area (Å²) in [5, 5.41) is 17.4. The van der Waals surface area contributed by atoms with Gasteiger partial charge >= 0.3 is 0 Å². The van der Waals surface area contributed by atoms with Gasteiger partial charge in [-0.3, -0.25) is 19.5 Å². The number of nitrogens with one attached hydrogen (secondary N) is 4. The molecule has 0 fully saturated rings. The van der Waals surface area contributed by atoms with Crippen molar-refractivity contribution in [3.8, 4) is 0 Å². The highest BCUT2D eigenvalue weighted by Crippen LogP contribution is 2.33. The van der Waals surface area contributed by atoms with Crippen LogP contribution in [0.1, 0.15) is 36.9 Å². The van der Waals surface area contributed by atoms with Crippen LogP contribution < -0.4 is 16.0 Å². The Morgan fingerprint density at radius 1 is 1.03 bits per heavy atom. The van der Waals surface area contributed by atoms with Gasteiger partial charge < -0.3 is 16.0 Å². The smallest absolute Gasteiger partial charge is 0.265 e. The zero-order valence-corrected chi connectivity index (χ0v) is 18.8. The molecule has 0 spiro atoms. The van der Waals surface area contributed by atoms with Gasteiger partial charge in [-0.2, -0.15) is 5.10 Å². The standard InChI is InChI=1S/C25H19N5O3S/c1-14-10-22(30-29-14)26-13-19-18-12-16(7-8-20(18)28-24(19)32)23(31)15-4-2-5-17(11-15)27-25(33)21-6-3-9-34-21/h2-13H,1H3,(H,27,33)(H,28,32)(H2,26,29,30)/b19-13-. The molecule has 0 radical (unpaired) electrons. The predicted molar refractivity (Wildman–Crippen MR) is 132 cm³/mol. The molecule has 2 aromatic heterocycles. The number of aryl methyl sites for hydroxylation is 1. The van der Waals surface area contributed by atoms with Crippen molar-refractivity contribution in [2.45, 2.75) is 6.92 Å². The molecule has 168 valence electrons. The summed E-state index contributed by atoms with van der Waals surface area (Å²) < 4.78 is 0. The predicted octanol–water partition coefficient (Wildman–Crippen LogP) is 4.67. The van der Waals surface area contributed by atoms with Gasteiger partial charge in [-0.25, -0.2) is 0 Å². The van der Waals surface area contributed by atoms with Crippen molar-refractivity contribution in [3.05, 3.63) is 99.5 Å². The van der Waals surface area contributed by atoms with E-state index in [9.17, 15) is 14.4 Å². The number of carbonyl (C=O) groups excluding carboxylic acids is 3. The van der Waals surface area contributed by atoms with Crippen molar-refractivity contribution in [2.24, 2.45) is 0 Å². The molecule has 0 saturated carbocycles. The highest BCUT2D eigenvalue weighted by atomic mass is 32.1. The van der Waals surface area contributed by atoms with Crippen LogP contribution >= 0.6 is 11.3 Å². The molecule has 9 heteroatoms. The van der Waals surface area contributed by atoms with E-state index in [1.54, 1.807) is 60.8 Å². The van der Waals surface area contributed by atoms with Crippen molar-refractivity contribution in [1.29, 1.82) is 0 Å². The number of benzene rings is 2. The molecule has 8 nitrogen and oxygen atoms in total. The minimum absolute atomic E-state index is 0.217. The maximum absolute atomic E-state index is 13.2. The fourth-order valence-electron chi connectivity index (χ4n) is 3.62. The van der Waals surface area contributed by atoms with Crippen LogP contribution in [0.2, 0.25) is 0 Å². The minimum Gasteiger partial charge on any atom is -0.346 e. The van der Waals surface area contributed by atoms with Crippen LogP contribution in [-0.4, -0.2) is 27.8 Å². The van der Waals surface area contributed by atoms with Crippen LogP contribution in [0, 0.1) is 6.92 Å². The van der Waals surface area contributed by atoms with Crippen LogP contribution in [0.4, 0.5) is 17.2 Å². The molecule has 5 rings (SSSR count). The summed E-state index contributed by atoms with van der Waals surface area (Å²) >= 11 is 1.34. The van der Waals surface area contributed by atoms with Crippen molar-refractivity contribution in [3.63, 3.8) is 0 Å². The number of amides is 2. The fraction of sp³-hybridized carbons (Fsp3) is 0.0400. The van der Waals surface area contributed by atoms with Gasteiger partial charge in [0.25, 0.3) is 11.8 Å². The van der Waals surface area contributed by atoms with E-state index in [-0.39, 0.29) is 17.6 Å². The monoisotopic (exact) mass is 469 g/mol. The van der Waals surface area contributed by atoms with Gasteiger partial charge in [0.15, 0.2) is 5.78 Å². The van der Waals surface area contributed by atoms with Gasteiger partial charge in [-0.15, -0.1) is 11.3 Å². The second kappa shape index (κ2) is 8.80. The number of aromatic nitrogens is 2. The number of carbonyl (C=O) groups is 3. The van der Waals surface area contributed by atoms with Crippen molar-refractivity contribution < 1.29 is 14.4 Å². The number of thiophene rings is 1. The number of anilines is 3. The van der Waals surface area contributed by atoms with E-state index in [0.717, 1.165) is 5.69 Å². The second-order valence-corrected chi connectivity index (χ2v) is 8.63. The van der Waals surface area contributed by atoms with E-state index in [1.165, 1.54) is 11.3 Å². The Morgan fingerprint density at radius 3 is 2.65 bits per heavy atom. The molecule has 0 unspecified atom stereocenters. The van der Waals surface area contributed by atoms with E-state index in [0.29, 0.717) is 44.3 Å². The van der Waals surface area contributed by atoms with Gasteiger partial charge in [-0.1, -0.05) is 18.2 Å². The Kier molecular flexibility index (Phi) is 5.52. The Bertz CT molecular complexity index is 1450. The quantitative estimate of drug-likeness (QED) is 0.242. The van der Waals surface area contributed by atoms with E-state index < -0.39 is 0 Å². The number of ketones is 1. The lowest BCUT2D eigenvalue weighted by Crippen LogP contribution is -2.11. The maximum atomic E-state index is 13.2. The lowest BCUT2D eigenvalue weighted by atomic mass is 9.98. The third-order valence-corrected chi connectivity index (χ3v) is 6.14. The molecule has 4 aromatic rings. The van der Waals surface area contributed by atoms with E-state index in [2.05, 4.69) is 26.1 Å². The lowest BCUT2D eigenvalue weighted by Gasteiger charge is -2.08. The van der Waals surface area contributed by atoms with Crippen molar-refractivity contribution in [1.82, 2.24) is 10.2 Å².